The minimum absolute atomic E-state index is 0.00408. The summed E-state index contributed by atoms with van der Waals surface area (Å²) in [6.07, 6.45) is 6.83. The summed E-state index contributed by atoms with van der Waals surface area (Å²) < 4.78 is 55.9. The Morgan fingerprint density at radius 2 is 1.88 bits per heavy atom. The SMILES string of the molecule is CCCS(=O)(=O)Nc1ccc(F)c(C(=O)c2c[nH]c3ncc(-c4ccc(SC)nc4)cc23)c1F. The Balaban J connectivity index is 1.76. The van der Waals surface area contributed by atoms with Gasteiger partial charge < -0.3 is 4.98 Å². The number of thioether (sulfide) groups is 1. The van der Waals surface area contributed by atoms with Crippen LogP contribution in [-0.2, 0) is 10.0 Å². The molecule has 7 nitrogen and oxygen atoms in total. The van der Waals surface area contributed by atoms with Gasteiger partial charge in [0.25, 0.3) is 0 Å². The van der Waals surface area contributed by atoms with Crippen molar-refractivity contribution < 1.29 is 22.0 Å². The Labute approximate surface area is 199 Å². The lowest BCUT2D eigenvalue weighted by Crippen LogP contribution is -2.18. The normalized spacial score (nSPS) is 11.6. The number of halogens is 2. The molecule has 0 amide bonds. The van der Waals surface area contributed by atoms with Crippen LogP contribution < -0.4 is 4.72 Å². The van der Waals surface area contributed by atoms with Crippen molar-refractivity contribution in [1.29, 1.82) is 0 Å². The summed E-state index contributed by atoms with van der Waals surface area (Å²) >= 11 is 1.50. The maximum absolute atomic E-state index is 15.1. The fourth-order valence-corrected chi connectivity index (χ4v) is 4.98. The number of pyridine rings is 2. The van der Waals surface area contributed by atoms with Crippen molar-refractivity contribution in [2.45, 2.75) is 18.4 Å². The van der Waals surface area contributed by atoms with Crippen LogP contribution in [0.1, 0.15) is 29.3 Å². The summed E-state index contributed by atoms with van der Waals surface area (Å²) in [5, 5.41) is 1.21. The molecule has 0 unspecified atom stereocenters. The van der Waals surface area contributed by atoms with E-state index in [9.17, 15) is 17.6 Å². The lowest BCUT2D eigenvalue weighted by Gasteiger charge is -2.11. The maximum atomic E-state index is 15.1. The molecule has 176 valence electrons. The minimum atomic E-state index is -3.84. The molecule has 2 N–H and O–H groups in total. The molecular formula is C23H20F2N4O3S2. The van der Waals surface area contributed by atoms with Crippen LogP contribution in [0.3, 0.4) is 0 Å². The van der Waals surface area contributed by atoms with E-state index in [1.54, 1.807) is 25.4 Å². The van der Waals surface area contributed by atoms with E-state index < -0.39 is 38.7 Å². The van der Waals surface area contributed by atoms with Crippen LogP contribution in [0.25, 0.3) is 22.2 Å². The molecule has 0 aliphatic carbocycles. The highest BCUT2D eigenvalue weighted by molar-refractivity contribution is 7.98. The molecule has 0 saturated carbocycles. The molecule has 0 spiro atoms. The fraction of sp³-hybridized carbons (Fsp3) is 0.174. The van der Waals surface area contributed by atoms with E-state index in [1.807, 2.05) is 18.4 Å². The fourth-order valence-electron chi connectivity index (χ4n) is 3.48. The average molecular weight is 503 g/mol. The van der Waals surface area contributed by atoms with Gasteiger partial charge in [-0.1, -0.05) is 13.0 Å². The van der Waals surface area contributed by atoms with Gasteiger partial charge in [-0.05, 0) is 36.9 Å². The van der Waals surface area contributed by atoms with Gasteiger partial charge >= 0.3 is 0 Å². The van der Waals surface area contributed by atoms with Crippen molar-refractivity contribution in [3.05, 3.63) is 71.7 Å². The van der Waals surface area contributed by atoms with Gasteiger partial charge in [0.15, 0.2) is 5.82 Å². The van der Waals surface area contributed by atoms with Gasteiger partial charge in [0.1, 0.15) is 11.5 Å². The molecule has 0 aliphatic rings. The number of carbonyl (C=O) groups excluding carboxylic acids is 1. The largest absolute Gasteiger partial charge is 0.345 e. The van der Waals surface area contributed by atoms with Crippen LogP contribution in [0, 0.1) is 11.6 Å². The molecule has 34 heavy (non-hydrogen) atoms. The third-order valence-electron chi connectivity index (χ3n) is 5.11. The number of nitrogens with zero attached hydrogens (tertiary/aromatic N) is 2. The van der Waals surface area contributed by atoms with E-state index >= 15 is 4.39 Å². The van der Waals surface area contributed by atoms with Crippen molar-refractivity contribution in [1.82, 2.24) is 15.0 Å². The molecule has 11 heteroatoms. The number of ketones is 1. The van der Waals surface area contributed by atoms with Gasteiger partial charge in [0.05, 0.1) is 22.0 Å². The molecule has 0 atom stereocenters. The van der Waals surface area contributed by atoms with Crippen molar-refractivity contribution in [2.24, 2.45) is 0 Å². The number of nitrogens with one attached hydrogen (secondary N) is 2. The second-order valence-corrected chi connectivity index (χ2v) is 10.1. The number of rotatable bonds is 8. The predicted molar refractivity (Wildman–Crippen MR) is 129 cm³/mol. The third-order valence-corrected chi connectivity index (χ3v) is 7.25. The Morgan fingerprint density at radius 1 is 1.12 bits per heavy atom. The Hall–Kier alpha value is -3.31. The zero-order chi connectivity index (χ0) is 24.5. The number of carbonyl (C=O) groups is 1. The Kier molecular flexibility index (Phi) is 6.67. The van der Waals surface area contributed by atoms with Crippen molar-refractivity contribution in [2.75, 3.05) is 16.7 Å². The molecule has 4 rings (SSSR count). The van der Waals surface area contributed by atoms with E-state index in [2.05, 4.69) is 19.7 Å². The first-order valence-electron chi connectivity index (χ1n) is 10.2. The average Bonchev–Trinajstić information content (AvgIpc) is 3.24. The zero-order valence-electron chi connectivity index (χ0n) is 18.2. The smallest absolute Gasteiger partial charge is 0.232 e. The summed E-state index contributed by atoms with van der Waals surface area (Å²) in [7, 11) is -3.84. The summed E-state index contributed by atoms with van der Waals surface area (Å²) in [4.78, 5) is 24.7. The second kappa shape index (κ2) is 9.51. The predicted octanol–water partition coefficient (Wildman–Crippen LogP) is 5.01. The number of sulfonamides is 1. The molecular weight excluding hydrogens is 482 g/mol. The number of aromatic nitrogens is 3. The van der Waals surface area contributed by atoms with Crippen LogP contribution in [0.15, 0.2) is 53.9 Å². The molecule has 1 aromatic carbocycles. The van der Waals surface area contributed by atoms with Gasteiger partial charge in [-0.25, -0.2) is 27.2 Å². The van der Waals surface area contributed by atoms with Crippen LogP contribution in [0.2, 0.25) is 0 Å². The molecule has 3 aromatic heterocycles. The van der Waals surface area contributed by atoms with Crippen molar-refractivity contribution in [3.63, 3.8) is 0 Å². The second-order valence-electron chi connectivity index (χ2n) is 7.45. The molecule has 0 aliphatic heterocycles. The quantitative estimate of drug-likeness (QED) is 0.259. The zero-order valence-corrected chi connectivity index (χ0v) is 19.9. The number of H-pyrrole nitrogens is 1. The van der Waals surface area contributed by atoms with Gasteiger partial charge in [0.2, 0.25) is 15.8 Å². The van der Waals surface area contributed by atoms with Crippen LogP contribution in [-0.4, -0.2) is 41.2 Å². The first-order valence-corrected chi connectivity index (χ1v) is 13.1. The highest BCUT2D eigenvalue weighted by Crippen LogP contribution is 2.30. The molecule has 4 aromatic rings. The van der Waals surface area contributed by atoms with E-state index in [1.165, 1.54) is 18.0 Å². The van der Waals surface area contributed by atoms with E-state index in [4.69, 9.17) is 0 Å². The van der Waals surface area contributed by atoms with Gasteiger partial charge in [0, 0.05) is 40.7 Å². The molecule has 0 fully saturated rings. The van der Waals surface area contributed by atoms with Crippen LogP contribution in [0.5, 0.6) is 0 Å². The van der Waals surface area contributed by atoms with Crippen molar-refractivity contribution in [3.8, 4) is 11.1 Å². The Morgan fingerprint density at radius 3 is 2.56 bits per heavy atom. The van der Waals surface area contributed by atoms with Gasteiger partial charge in [-0.2, -0.15) is 0 Å². The number of hydrogen-bond donors (Lipinski definition) is 2. The number of anilines is 1. The summed E-state index contributed by atoms with van der Waals surface area (Å²) in [5.41, 5.74) is 0.455. The molecule has 0 radical (unpaired) electrons. The van der Waals surface area contributed by atoms with E-state index in [0.29, 0.717) is 23.0 Å². The van der Waals surface area contributed by atoms with Gasteiger partial charge in [-0.3, -0.25) is 9.52 Å². The Bertz CT molecular complexity index is 1490. The van der Waals surface area contributed by atoms with E-state index in [0.717, 1.165) is 22.7 Å². The highest BCUT2D eigenvalue weighted by atomic mass is 32.2. The monoisotopic (exact) mass is 502 g/mol. The maximum Gasteiger partial charge on any atom is 0.232 e. The summed E-state index contributed by atoms with van der Waals surface area (Å²) in [6, 6.07) is 7.21. The third kappa shape index (κ3) is 4.66. The number of hydrogen-bond acceptors (Lipinski definition) is 6. The summed E-state index contributed by atoms with van der Waals surface area (Å²) in [6.45, 7) is 1.65. The van der Waals surface area contributed by atoms with Crippen LogP contribution in [0.4, 0.5) is 14.5 Å². The standard InChI is InChI=1S/C23H20F2N4O3S2/c1-3-8-34(31,32)29-18-6-5-17(24)20(21(18)25)22(30)16-12-28-23-15(16)9-14(11-27-23)13-4-7-19(33-2)26-10-13/h4-7,9-12,29H,3,8H2,1-2H3,(H,27,28). The highest BCUT2D eigenvalue weighted by Gasteiger charge is 2.26. The summed E-state index contributed by atoms with van der Waals surface area (Å²) in [5.74, 6) is -3.56. The topological polar surface area (TPSA) is 105 Å². The van der Waals surface area contributed by atoms with E-state index in [-0.39, 0.29) is 11.3 Å². The van der Waals surface area contributed by atoms with Crippen LogP contribution >= 0.6 is 11.8 Å². The van der Waals surface area contributed by atoms with Gasteiger partial charge in [-0.15, -0.1) is 11.8 Å². The first-order chi connectivity index (χ1) is 16.2. The van der Waals surface area contributed by atoms with Crippen molar-refractivity contribution >= 4 is 44.3 Å². The first kappa shape index (κ1) is 23.8. The molecule has 0 saturated heterocycles. The lowest BCUT2D eigenvalue weighted by molar-refractivity contribution is 0.103. The number of benzene rings is 1. The minimum Gasteiger partial charge on any atom is -0.345 e. The number of fused-ring (bicyclic) bond motifs is 1. The molecule has 3 heterocycles. The molecule has 0 bridgehead atoms. The lowest BCUT2D eigenvalue weighted by atomic mass is 10.00. The number of aromatic amines is 1.